The molecule has 0 saturated heterocycles. The average Bonchev–Trinajstić information content (AvgIpc) is 3.00. The van der Waals surface area contributed by atoms with Gasteiger partial charge in [-0.3, -0.25) is 4.99 Å². The third kappa shape index (κ3) is 4.60. The molecule has 120 valence electrons. The van der Waals surface area contributed by atoms with Crippen LogP contribution in [0.5, 0.6) is 0 Å². The summed E-state index contributed by atoms with van der Waals surface area (Å²) in [6.07, 6.45) is 6.60. The van der Waals surface area contributed by atoms with Crippen LogP contribution in [0.15, 0.2) is 41.4 Å². The normalized spacial score (nSPS) is 17.0. The summed E-state index contributed by atoms with van der Waals surface area (Å²) in [7, 11) is 6.06. The van der Waals surface area contributed by atoms with Crippen LogP contribution < -0.4 is 10.6 Å². The molecule has 0 aromatic heterocycles. The molecule has 1 aliphatic rings. The van der Waals surface area contributed by atoms with E-state index in [1.807, 2.05) is 7.05 Å². The number of hydrogen-bond donors (Lipinski definition) is 2. The van der Waals surface area contributed by atoms with Crippen molar-refractivity contribution in [2.45, 2.75) is 31.8 Å². The Balaban J connectivity index is 1.94. The fraction of sp³-hybridized carbons (Fsp3) is 0.500. The molecule has 1 atom stereocenters. The van der Waals surface area contributed by atoms with E-state index in [9.17, 15) is 0 Å². The van der Waals surface area contributed by atoms with E-state index < -0.39 is 0 Å². The molecule has 0 bridgehead atoms. The van der Waals surface area contributed by atoms with Crippen LogP contribution in [-0.2, 0) is 0 Å². The van der Waals surface area contributed by atoms with Crippen molar-refractivity contribution in [3.05, 3.63) is 47.5 Å². The molecular formula is C18H28N4. The molecular weight excluding hydrogens is 272 g/mol. The monoisotopic (exact) mass is 300 g/mol. The minimum Gasteiger partial charge on any atom is -0.354 e. The summed E-state index contributed by atoms with van der Waals surface area (Å²) in [5.41, 5.74) is 2.61. The van der Waals surface area contributed by atoms with Crippen LogP contribution in [0.4, 0.5) is 0 Å². The summed E-state index contributed by atoms with van der Waals surface area (Å²) < 4.78 is 0. The first-order chi connectivity index (χ1) is 10.6. The van der Waals surface area contributed by atoms with Gasteiger partial charge < -0.3 is 15.5 Å². The molecule has 1 aliphatic carbocycles. The maximum atomic E-state index is 4.34. The highest BCUT2D eigenvalue weighted by molar-refractivity contribution is 5.80. The molecule has 0 heterocycles. The Hall–Kier alpha value is -1.81. The van der Waals surface area contributed by atoms with Crippen molar-refractivity contribution in [2.24, 2.45) is 4.99 Å². The molecule has 1 aromatic carbocycles. The number of aliphatic imine (C=N–C) groups is 1. The standard InChI is InChI=1S/C18H28N4/c1-14-9-11-15(12-10-14)17(22(3)4)13-20-18(19-2)21-16-7-5-6-8-16/h5-6,9-12,16-17H,7-8,13H2,1-4H3,(H2,19,20,21). The Morgan fingerprint density at radius 3 is 2.41 bits per heavy atom. The topological polar surface area (TPSA) is 39.7 Å². The van der Waals surface area contributed by atoms with Crippen molar-refractivity contribution in [3.8, 4) is 0 Å². The summed E-state index contributed by atoms with van der Waals surface area (Å²) in [6, 6.07) is 9.55. The highest BCUT2D eigenvalue weighted by Crippen LogP contribution is 2.18. The van der Waals surface area contributed by atoms with Gasteiger partial charge in [-0.2, -0.15) is 0 Å². The van der Waals surface area contributed by atoms with Gasteiger partial charge in [0, 0.05) is 19.6 Å². The van der Waals surface area contributed by atoms with Gasteiger partial charge in [0.1, 0.15) is 0 Å². The number of nitrogens with one attached hydrogen (secondary N) is 2. The van der Waals surface area contributed by atoms with Crippen LogP contribution in [0.2, 0.25) is 0 Å². The first-order valence-electron chi connectivity index (χ1n) is 7.95. The van der Waals surface area contributed by atoms with Crippen LogP contribution in [0.3, 0.4) is 0 Å². The summed E-state index contributed by atoms with van der Waals surface area (Å²) in [5, 5.41) is 6.94. The average molecular weight is 300 g/mol. The van der Waals surface area contributed by atoms with E-state index in [1.165, 1.54) is 11.1 Å². The molecule has 0 spiro atoms. The van der Waals surface area contributed by atoms with E-state index in [2.05, 4.69) is 78.0 Å². The van der Waals surface area contributed by atoms with Gasteiger partial charge in [-0.05, 0) is 39.4 Å². The molecule has 1 unspecified atom stereocenters. The molecule has 0 radical (unpaired) electrons. The van der Waals surface area contributed by atoms with Crippen molar-refractivity contribution in [1.29, 1.82) is 0 Å². The molecule has 2 rings (SSSR count). The first kappa shape index (κ1) is 16.6. The third-order valence-electron chi connectivity index (χ3n) is 4.12. The maximum absolute atomic E-state index is 4.34. The van der Waals surface area contributed by atoms with Crippen LogP contribution in [-0.4, -0.2) is 44.6 Å². The molecule has 0 fully saturated rings. The minimum atomic E-state index is 0.320. The van der Waals surface area contributed by atoms with E-state index in [-0.39, 0.29) is 0 Å². The molecule has 4 nitrogen and oxygen atoms in total. The molecule has 22 heavy (non-hydrogen) atoms. The van der Waals surface area contributed by atoms with Crippen molar-refractivity contribution < 1.29 is 0 Å². The van der Waals surface area contributed by atoms with E-state index in [0.29, 0.717) is 12.1 Å². The van der Waals surface area contributed by atoms with Gasteiger partial charge in [-0.25, -0.2) is 0 Å². The fourth-order valence-electron chi connectivity index (χ4n) is 2.70. The van der Waals surface area contributed by atoms with Crippen LogP contribution in [0.25, 0.3) is 0 Å². The smallest absolute Gasteiger partial charge is 0.191 e. The zero-order valence-corrected chi connectivity index (χ0v) is 14.1. The van der Waals surface area contributed by atoms with E-state index in [0.717, 1.165) is 25.3 Å². The highest BCUT2D eigenvalue weighted by Gasteiger charge is 2.16. The lowest BCUT2D eigenvalue weighted by atomic mass is 10.0. The Bertz CT molecular complexity index is 508. The molecule has 0 aliphatic heterocycles. The predicted molar refractivity (Wildman–Crippen MR) is 94.3 cm³/mol. The fourth-order valence-corrected chi connectivity index (χ4v) is 2.70. The second kappa shape index (κ2) is 7.99. The Labute approximate surface area is 134 Å². The number of benzene rings is 1. The predicted octanol–water partition coefficient (Wildman–Crippen LogP) is 2.48. The number of likely N-dealkylation sites (N-methyl/N-ethyl adjacent to an activating group) is 1. The SMILES string of the molecule is CN=C(NCC(c1ccc(C)cc1)N(C)C)NC1CC=CC1. The molecule has 2 N–H and O–H groups in total. The largest absolute Gasteiger partial charge is 0.354 e. The van der Waals surface area contributed by atoms with Crippen LogP contribution >= 0.6 is 0 Å². The molecule has 4 heteroatoms. The van der Waals surface area contributed by atoms with Gasteiger partial charge in [-0.15, -0.1) is 0 Å². The molecule has 0 saturated carbocycles. The Morgan fingerprint density at radius 1 is 1.23 bits per heavy atom. The zero-order valence-electron chi connectivity index (χ0n) is 14.1. The zero-order chi connectivity index (χ0) is 15.9. The third-order valence-corrected chi connectivity index (χ3v) is 4.12. The van der Waals surface area contributed by atoms with Gasteiger partial charge in [0.25, 0.3) is 0 Å². The van der Waals surface area contributed by atoms with Gasteiger partial charge >= 0.3 is 0 Å². The lowest BCUT2D eigenvalue weighted by molar-refractivity contribution is 0.298. The summed E-state index contributed by atoms with van der Waals surface area (Å²) >= 11 is 0. The molecule has 0 amide bonds. The second-order valence-corrected chi connectivity index (χ2v) is 6.13. The van der Waals surface area contributed by atoms with E-state index >= 15 is 0 Å². The lowest BCUT2D eigenvalue weighted by Crippen LogP contribution is -2.45. The number of guanidine groups is 1. The van der Waals surface area contributed by atoms with E-state index in [4.69, 9.17) is 0 Å². The Kier molecular flexibility index (Phi) is 6.01. The summed E-state index contributed by atoms with van der Waals surface area (Å²) in [5.74, 6) is 0.882. The quantitative estimate of drug-likeness (QED) is 0.498. The lowest BCUT2D eigenvalue weighted by Gasteiger charge is -2.27. The van der Waals surface area contributed by atoms with Gasteiger partial charge in [0.05, 0.1) is 6.04 Å². The summed E-state index contributed by atoms with van der Waals surface area (Å²) in [4.78, 5) is 6.58. The van der Waals surface area contributed by atoms with Crippen LogP contribution in [0, 0.1) is 6.92 Å². The number of rotatable bonds is 5. The van der Waals surface area contributed by atoms with Crippen LogP contribution in [0.1, 0.15) is 30.0 Å². The number of aryl methyl sites for hydroxylation is 1. The number of hydrogen-bond acceptors (Lipinski definition) is 2. The number of nitrogens with zero attached hydrogens (tertiary/aromatic N) is 2. The van der Waals surface area contributed by atoms with Gasteiger partial charge in [0.15, 0.2) is 5.96 Å². The molecule has 1 aromatic rings. The maximum Gasteiger partial charge on any atom is 0.191 e. The van der Waals surface area contributed by atoms with E-state index in [1.54, 1.807) is 0 Å². The van der Waals surface area contributed by atoms with Crippen molar-refractivity contribution in [1.82, 2.24) is 15.5 Å². The van der Waals surface area contributed by atoms with Gasteiger partial charge in [0.2, 0.25) is 0 Å². The first-order valence-corrected chi connectivity index (χ1v) is 7.95. The van der Waals surface area contributed by atoms with Crippen molar-refractivity contribution >= 4 is 5.96 Å². The second-order valence-electron chi connectivity index (χ2n) is 6.13. The van der Waals surface area contributed by atoms with Gasteiger partial charge in [-0.1, -0.05) is 42.0 Å². The minimum absolute atomic E-state index is 0.320. The Morgan fingerprint density at radius 2 is 1.86 bits per heavy atom. The summed E-state index contributed by atoms with van der Waals surface area (Å²) in [6.45, 7) is 2.95. The van der Waals surface area contributed by atoms with Crippen molar-refractivity contribution in [3.63, 3.8) is 0 Å². The van der Waals surface area contributed by atoms with Crippen molar-refractivity contribution in [2.75, 3.05) is 27.7 Å². The highest BCUT2D eigenvalue weighted by atomic mass is 15.2.